The molecule has 0 aliphatic rings. The van der Waals surface area contributed by atoms with Gasteiger partial charge >= 0.3 is 0 Å². The number of aromatic nitrogens is 3. The van der Waals surface area contributed by atoms with E-state index in [1.54, 1.807) is 0 Å². The highest BCUT2D eigenvalue weighted by atomic mass is 16.5. The van der Waals surface area contributed by atoms with Crippen LogP contribution >= 0.6 is 0 Å². The van der Waals surface area contributed by atoms with Gasteiger partial charge in [-0.1, -0.05) is 25.9 Å². The third-order valence-corrected chi connectivity index (χ3v) is 3.66. The average Bonchev–Trinajstić information content (AvgIpc) is 2.92. The van der Waals surface area contributed by atoms with E-state index < -0.39 is 0 Å². The number of carbonyl (C=O) groups excluding carboxylic acids is 1. The van der Waals surface area contributed by atoms with Crippen molar-refractivity contribution >= 4 is 5.91 Å². The summed E-state index contributed by atoms with van der Waals surface area (Å²) < 4.78 is 5.16. The number of nitrogens with one attached hydrogen (secondary N) is 2. The van der Waals surface area contributed by atoms with Gasteiger partial charge in [0.25, 0.3) is 5.56 Å². The highest BCUT2D eigenvalue weighted by Crippen LogP contribution is 2.18. The first kappa shape index (κ1) is 17.9. The zero-order valence-electron chi connectivity index (χ0n) is 14.8. The molecule has 2 N–H and O–H groups in total. The fourth-order valence-corrected chi connectivity index (χ4v) is 2.26. The highest BCUT2D eigenvalue weighted by Gasteiger charge is 2.21. The predicted octanol–water partition coefficient (Wildman–Crippen LogP) is 1.92. The van der Waals surface area contributed by atoms with Gasteiger partial charge in [-0.25, -0.2) is 0 Å². The quantitative estimate of drug-likeness (QED) is 0.871. The van der Waals surface area contributed by atoms with Gasteiger partial charge in [0.2, 0.25) is 11.8 Å². The summed E-state index contributed by atoms with van der Waals surface area (Å²) in [4.78, 5) is 30.9. The predicted molar refractivity (Wildman–Crippen MR) is 89.7 cm³/mol. The summed E-state index contributed by atoms with van der Waals surface area (Å²) in [7, 11) is 0. The van der Waals surface area contributed by atoms with E-state index in [1.165, 1.54) is 0 Å². The maximum atomic E-state index is 12.0. The van der Waals surface area contributed by atoms with Crippen molar-refractivity contribution in [3.05, 3.63) is 45.0 Å². The van der Waals surface area contributed by atoms with Gasteiger partial charge in [-0.2, -0.15) is 4.98 Å². The Morgan fingerprint density at radius 1 is 1.33 bits per heavy atom. The first-order chi connectivity index (χ1) is 11.2. The number of pyridine rings is 1. The minimum absolute atomic E-state index is 0.162. The molecule has 0 saturated carbocycles. The van der Waals surface area contributed by atoms with Crippen LogP contribution in [0.2, 0.25) is 0 Å². The second kappa shape index (κ2) is 6.98. The Hall–Kier alpha value is -2.44. The third kappa shape index (κ3) is 4.53. The van der Waals surface area contributed by atoms with Gasteiger partial charge < -0.3 is 14.8 Å². The lowest BCUT2D eigenvalue weighted by Gasteiger charge is -2.10. The number of rotatable bonds is 5. The number of hydrogen-bond donors (Lipinski definition) is 2. The minimum atomic E-state index is -0.187. The molecule has 7 heteroatoms. The Kier molecular flexibility index (Phi) is 5.21. The van der Waals surface area contributed by atoms with Gasteiger partial charge in [0.05, 0.1) is 0 Å². The molecule has 0 bridgehead atoms. The molecule has 0 fully saturated rings. The van der Waals surface area contributed by atoms with Crippen molar-refractivity contribution < 1.29 is 9.32 Å². The molecular formula is C17H24N4O3. The maximum absolute atomic E-state index is 12.0. The van der Waals surface area contributed by atoms with E-state index in [9.17, 15) is 9.59 Å². The number of nitrogens with zero attached hydrogens (tertiary/aromatic N) is 2. The molecule has 0 aliphatic heterocycles. The SMILES string of the molecule is Cc1cc(C)c(CNC(=O)CCc2nc(C(C)(C)C)no2)c(=O)[nH]1. The van der Waals surface area contributed by atoms with Crippen LogP contribution in [0, 0.1) is 13.8 Å². The molecule has 0 unspecified atom stereocenters. The molecular weight excluding hydrogens is 308 g/mol. The summed E-state index contributed by atoms with van der Waals surface area (Å²) in [6.07, 6.45) is 0.604. The molecule has 0 aliphatic carbocycles. The van der Waals surface area contributed by atoms with Crippen LogP contribution in [-0.4, -0.2) is 21.0 Å². The van der Waals surface area contributed by atoms with E-state index in [1.807, 2.05) is 40.7 Å². The second-order valence-electron chi connectivity index (χ2n) is 6.98. The summed E-state index contributed by atoms with van der Waals surface area (Å²) in [5, 5.41) is 6.69. The van der Waals surface area contributed by atoms with E-state index in [-0.39, 0.29) is 29.8 Å². The van der Waals surface area contributed by atoms with Gasteiger partial charge in [0.1, 0.15) is 0 Å². The molecule has 1 amide bonds. The van der Waals surface area contributed by atoms with Crippen LogP contribution in [0.1, 0.15) is 55.7 Å². The van der Waals surface area contributed by atoms with Gasteiger partial charge in [-0.05, 0) is 25.5 Å². The van der Waals surface area contributed by atoms with Crippen molar-refractivity contribution in [1.29, 1.82) is 0 Å². The summed E-state index contributed by atoms with van der Waals surface area (Å²) in [6.45, 7) is 9.88. The van der Waals surface area contributed by atoms with E-state index in [0.717, 1.165) is 11.3 Å². The molecule has 2 aromatic rings. The number of hydrogen-bond acceptors (Lipinski definition) is 5. The lowest BCUT2D eigenvalue weighted by atomic mass is 9.96. The molecule has 0 aromatic carbocycles. The molecule has 24 heavy (non-hydrogen) atoms. The van der Waals surface area contributed by atoms with Crippen molar-refractivity contribution in [2.24, 2.45) is 0 Å². The standard InChI is InChI=1S/C17H24N4O3/c1-10-8-11(2)19-15(23)12(10)9-18-13(22)6-7-14-20-16(21-24-14)17(3,4)5/h8H,6-7,9H2,1-5H3,(H,18,22)(H,19,23). The van der Waals surface area contributed by atoms with Crippen LogP contribution in [0.3, 0.4) is 0 Å². The maximum Gasteiger partial charge on any atom is 0.253 e. The smallest absolute Gasteiger partial charge is 0.253 e. The van der Waals surface area contributed by atoms with Crippen LogP contribution in [-0.2, 0) is 23.2 Å². The van der Waals surface area contributed by atoms with Crippen LogP contribution in [0.15, 0.2) is 15.4 Å². The fraction of sp³-hybridized carbons (Fsp3) is 0.529. The van der Waals surface area contributed by atoms with Gasteiger partial charge in [-0.3, -0.25) is 9.59 Å². The molecule has 2 rings (SSSR count). The van der Waals surface area contributed by atoms with Gasteiger partial charge in [0.15, 0.2) is 5.82 Å². The van der Waals surface area contributed by atoms with Crippen molar-refractivity contribution in [1.82, 2.24) is 20.4 Å². The monoisotopic (exact) mass is 332 g/mol. The molecule has 2 heterocycles. The molecule has 0 saturated heterocycles. The molecule has 7 nitrogen and oxygen atoms in total. The number of aryl methyl sites for hydroxylation is 3. The summed E-state index contributed by atoms with van der Waals surface area (Å²) in [6, 6.07) is 1.88. The van der Waals surface area contributed by atoms with Crippen LogP contribution in [0.4, 0.5) is 0 Å². The van der Waals surface area contributed by atoms with Gasteiger partial charge in [-0.15, -0.1) is 0 Å². The second-order valence-corrected chi connectivity index (χ2v) is 6.98. The number of H-pyrrole nitrogens is 1. The number of amides is 1. The molecule has 0 spiro atoms. The zero-order valence-corrected chi connectivity index (χ0v) is 14.8. The van der Waals surface area contributed by atoms with Crippen molar-refractivity contribution in [3.63, 3.8) is 0 Å². The lowest BCUT2D eigenvalue weighted by molar-refractivity contribution is -0.121. The van der Waals surface area contributed by atoms with Crippen molar-refractivity contribution in [3.8, 4) is 0 Å². The largest absolute Gasteiger partial charge is 0.352 e. The average molecular weight is 332 g/mol. The summed E-state index contributed by atoms with van der Waals surface area (Å²) in [5.41, 5.74) is 1.89. The van der Waals surface area contributed by atoms with Crippen LogP contribution in [0.5, 0.6) is 0 Å². The van der Waals surface area contributed by atoms with E-state index in [4.69, 9.17) is 4.52 Å². The molecule has 130 valence electrons. The third-order valence-electron chi connectivity index (χ3n) is 3.66. The first-order valence-corrected chi connectivity index (χ1v) is 7.96. The Morgan fingerprint density at radius 2 is 2.04 bits per heavy atom. The van der Waals surface area contributed by atoms with Crippen LogP contribution in [0.25, 0.3) is 0 Å². The molecule has 2 aromatic heterocycles. The number of carbonyl (C=O) groups is 1. The normalized spacial score (nSPS) is 11.5. The first-order valence-electron chi connectivity index (χ1n) is 7.96. The Balaban J connectivity index is 1.88. The lowest BCUT2D eigenvalue weighted by Crippen LogP contribution is -2.28. The summed E-state index contributed by atoms with van der Waals surface area (Å²) in [5.74, 6) is 0.907. The van der Waals surface area contributed by atoms with Crippen LogP contribution < -0.4 is 10.9 Å². The Bertz CT molecular complexity index is 784. The Morgan fingerprint density at radius 3 is 2.62 bits per heavy atom. The topological polar surface area (TPSA) is 101 Å². The van der Waals surface area contributed by atoms with Crippen molar-refractivity contribution in [2.75, 3.05) is 0 Å². The van der Waals surface area contributed by atoms with Gasteiger partial charge in [0, 0.05) is 36.1 Å². The molecule has 0 radical (unpaired) electrons. The van der Waals surface area contributed by atoms with Crippen molar-refractivity contribution in [2.45, 2.75) is 59.4 Å². The van der Waals surface area contributed by atoms with E-state index >= 15 is 0 Å². The zero-order chi connectivity index (χ0) is 17.9. The fourth-order valence-electron chi connectivity index (χ4n) is 2.26. The summed E-state index contributed by atoms with van der Waals surface area (Å²) >= 11 is 0. The number of aromatic amines is 1. The Labute approximate surface area is 140 Å². The van der Waals surface area contributed by atoms with E-state index in [2.05, 4.69) is 20.4 Å². The highest BCUT2D eigenvalue weighted by molar-refractivity contribution is 5.76. The van der Waals surface area contributed by atoms with E-state index in [0.29, 0.717) is 23.7 Å². The molecule has 0 atom stereocenters. The minimum Gasteiger partial charge on any atom is -0.352 e.